The summed E-state index contributed by atoms with van der Waals surface area (Å²) in [5.74, 6) is 0.785. The van der Waals surface area contributed by atoms with Gasteiger partial charge in [0.15, 0.2) is 0 Å². The first-order valence-electron chi connectivity index (χ1n) is 9.65. The van der Waals surface area contributed by atoms with Crippen molar-refractivity contribution < 1.29 is 4.74 Å². The fourth-order valence-electron chi connectivity index (χ4n) is 3.36. The Hall–Kier alpha value is -4.12. The molecule has 5 aromatic rings. The molecule has 0 aliphatic rings. The molecule has 0 fully saturated rings. The van der Waals surface area contributed by atoms with Crippen LogP contribution < -0.4 is 4.74 Å². The normalized spacial score (nSPS) is 10.8. The highest BCUT2D eigenvalue weighted by Gasteiger charge is 2.09. The van der Waals surface area contributed by atoms with Gasteiger partial charge in [-0.15, -0.1) is 0 Å². The van der Waals surface area contributed by atoms with Crippen molar-refractivity contribution in [3.63, 3.8) is 0 Å². The lowest BCUT2D eigenvalue weighted by Gasteiger charge is -2.10. The maximum Gasteiger partial charge on any atom is 0.130 e. The van der Waals surface area contributed by atoms with Crippen molar-refractivity contribution >= 4 is 10.9 Å². The lowest BCUT2D eigenvalue weighted by molar-refractivity contribution is 0.302. The van der Waals surface area contributed by atoms with E-state index in [1.807, 2.05) is 66.9 Å². The number of ether oxygens (including phenoxy) is 1. The van der Waals surface area contributed by atoms with Gasteiger partial charge in [-0.1, -0.05) is 24.3 Å². The second-order valence-corrected chi connectivity index (χ2v) is 6.83. The summed E-state index contributed by atoms with van der Waals surface area (Å²) in [4.78, 5) is 17.4. The van der Waals surface area contributed by atoms with Gasteiger partial charge in [0.2, 0.25) is 0 Å². The van der Waals surface area contributed by atoms with Crippen LogP contribution in [0.1, 0.15) is 5.69 Å². The van der Waals surface area contributed by atoms with Gasteiger partial charge in [-0.05, 0) is 54.1 Å². The molecule has 5 nitrogen and oxygen atoms in total. The molecule has 0 spiro atoms. The molecule has 144 valence electrons. The molecule has 0 radical (unpaired) electrons. The molecule has 0 atom stereocenters. The molecule has 5 rings (SSSR count). The number of hydrogen-bond donors (Lipinski definition) is 0. The van der Waals surface area contributed by atoms with E-state index in [0.717, 1.165) is 44.7 Å². The predicted octanol–water partition coefficient (Wildman–Crippen LogP) is 5.33. The van der Waals surface area contributed by atoms with E-state index in [1.165, 1.54) is 0 Å². The molecule has 5 heteroatoms. The van der Waals surface area contributed by atoms with Gasteiger partial charge in [0, 0.05) is 35.1 Å². The van der Waals surface area contributed by atoms with Crippen LogP contribution in [0.4, 0.5) is 0 Å². The minimum absolute atomic E-state index is 0.417. The fourth-order valence-corrected chi connectivity index (χ4v) is 3.36. The first kappa shape index (κ1) is 17.9. The number of nitrogens with zero attached hydrogens (tertiary/aromatic N) is 4. The zero-order valence-corrected chi connectivity index (χ0v) is 16.1. The zero-order chi connectivity index (χ0) is 20.2. The standard InChI is InChI=1S/C25H18N4O/c1-2-4-24-19(3-1)5-8-21(29-24)16-30-22-9-6-20(7-10-22)25-23(15-27-17-28-25)18-11-13-26-14-12-18/h1-15,17H,16H2. The van der Waals surface area contributed by atoms with Crippen LogP contribution in [0.15, 0.2) is 97.7 Å². The first-order valence-corrected chi connectivity index (χ1v) is 9.65. The van der Waals surface area contributed by atoms with Crippen LogP contribution in [0.2, 0.25) is 0 Å². The summed E-state index contributed by atoms with van der Waals surface area (Å²) in [5.41, 5.74) is 5.74. The molecule has 0 amide bonds. The molecular weight excluding hydrogens is 372 g/mol. The van der Waals surface area contributed by atoms with E-state index in [2.05, 4.69) is 32.1 Å². The van der Waals surface area contributed by atoms with Gasteiger partial charge >= 0.3 is 0 Å². The zero-order valence-electron chi connectivity index (χ0n) is 16.1. The molecular formula is C25H18N4O. The van der Waals surface area contributed by atoms with Gasteiger partial charge in [0.05, 0.1) is 16.9 Å². The number of hydrogen-bond acceptors (Lipinski definition) is 5. The van der Waals surface area contributed by atoms with E-state index in [1.54, 1.807) is 18.7 Å². The predicted molar refractivity (Wildman–Crippen MR) is 117 cm³/mol. The summed E-state index contributed by atoms with van der Waals surface area (Å²) in [5, 5.41) is 1.13. The summed E-state index contributed by atoms with van der Waals surface area (Å²) in [7, 11) is 0. The third kappa shape index (κ3) is 3.73. The van der Waals surface area contributed by atoms with Crippen molar-refractivity contribution in [3.8, 4) is 28.1 Å². The molecule has 0 saturated heterocycles. The van der Waals surface area contributed by atoms with Crippen molar-refractivity contribution in [2.75, 3.05) is 0 Å². The summed E-state index contributed by atoms with van der Waals surface area (Å²) < 4.78 is 5.94. The number of para-hydroxylation sites is 1. The highest BCUT2D eigenvalue weighted by Crippen LogP contribution is 2.30. The first-order chi connectivity index (χ1) is 14.9. The largest absolute Gasteiger partial charge is 0.487 e. The SMILES string of the molecule is c1ccc2nc(COc3ccc(-c4ncncc4-c4ccncc4)cc3)ccc2c1. The second kappa shape index (κ2) is 8.09. The van der Waals surface area contributed by atoms with Gasteiger partial charge in [-0.25, -0.2) is 15.0 Å². The minimum atomic E-state index is 0.417. The van der Waals surface area contributed by atoms with Crippen LogP contribution in [-0.4, -0.2) is 19.9 Å². The number of fused-ring (bicyclic) bond motifs is 1. The smallest absolute Gasteiger partial charge is 0.130 e. The van der Waals surface area contributed by atoms with E-state index < -0.39 is 0 Å². The molecule has 0 saturated carbocycles. The third-order valence-electron chi connectivity index (χ3n) is 4.87. The molecule has 2 aromatic carbocycles. The van der Waals surface area contributed by atoms with Gasteiger partial charge in [0.25, 0.3) is 0 Å². The number of aromatic nitrogens is 4. The van der Waals surface area contributed by atoms with Gasteiger partial charge in [-0.2, -0.15) is 0 Å². The Bertz CT molecular complexity index is 1290. The summed E-state index contributed by atoms with van der Waals surface area (Å²) in [6.07, 6.45) is 6.93. The van der Waals surface area contributed by atoms with Crippen LogP contribution in [-0.2, 0) is 6.61 Å². The van der Waals surface area contributed by atoms with Crippen LogP contribution in [0, 0.1) is 0 Å². The highest BCUT2D eigenvalue weighted by molar-refractivity contribution is 5.80. The van der Waals surface area contributed by atoms with Crippen molar-refractivity contribution in [2.45, 2.75) is 6.61 Å². The Morgan fingerprint density at radius 3 is 2.43 bits per heavy atom. The quantitative estimate of drug-likeness (QED) is 0.406. The Morgan fingerprint density at radius 2 is 1.57 bits per heavy atom. The Kier molecular flexibility index (Phi) is 4.84. The Labute approximate surface area is 174 Å². The molecule has 0 aliphatic heterocycles. The molecule has 3 heterocycles. The van der Waals surface area contributed by atoms with Crippen LogP contribution in [0.25, 0.3) is 33.3 Å². The van der Waals surface area contributed by atoms with E-state index in [-0.39, 0.29) is 0 Å². The molecule has 3 aromatic heterocycles. The van der Waals surface area contributed by atoms with E-state index in [9.17, 15) is 0 Å². The fraction of sp³-hybridized carbons (Fsp3) is 0.0400. The van der Waals surface area contributed by atoms with Crippen molar-refractivity contribution in [1.82, 2.24) is 19.9 Å². The van der Waals surface area contributed by atoms with Crippen molar-refractivity contribution in [2.24, 2.45) is 0 Å². The van der Waals surface area contributed by atoms with Gasteiger partial charge in [-0.3, -0.25) is 4.98 Å². The van der Waals surface area contributed by atoms with Gasteiger partial charge in [0.1, 0.15) is 18.7 Å². The molecule has 0 bridgehead atoms. The highest BCUT2D eigenvalue weighted by atomic mass is 16.5. The van der Waals surface area contributed by atoms with E-state index >= 15 is 0 Å². The van der Waals surface area contributed by atoms with Crippen LogP contribution in [0.3, 0.4) is 0 Å². The number of benzene rings is 2. The minimum Gasteiger partial charge on any atom is -0.487 e. The monoisotopic (exact) mass is 390 g/mol. The topological polar surface area (TPSA) is 60.8 Å². The third-order valence-corrected chi connectivity index (χ3v) is 4.87. The maximum atomic E-state index is 5.94. The molecule has 0 N–H and O–H groups in total. The maximum absolute atomic E-state index is 5.94. The van der Waals surface area contributed by atoms with Crippen LogP contribution >= 0.6 is 0 Å². The molecule has 30 heavy (non-hydrogen) atoms. The van der Waals surface area contributed by atoms with Crippen molar-refractivity contribution in [3.05, 3.63) is 103 Å². The Balaban J connectivity index is 1.35. The van der Waals surface area contributed by atoms with E-state index in [4.69, 9.17) is 4.74 Å². The Morgan fingerprint density at radius 1 is 0.733 bits per heavy atom. The summed E-state index contributed by atoms with van der Waals surface area (Å²) >= 11 is 0. The lowest BCUT2D eigenvalue weighted by atomic mass is 10.0. The van der Waals surface area contributed by atoms with Gasteiger partial charge < -0.3 is 4.74 Å². The average molecular weight is 390 g/mol. The lowest BCUT2D eigenvalue weighted by Crippen LogP contribution is -1.98. The second-order valence-electron chi connectivity index (χ2n) is 6.83. The molecule has 0 aliphatic carbocycles. The van der Waals surface area contributed by atoms with Crippen molar-refractivity contribution in [1.29, 1.82) is 0 Å². The summed E-state index contributed by atoms with van der Waals surface area (Å²) in [6, 6.07) is 24.0. The average Bonchev–Trinajstić information content (AvgIpc) is 2.83. The summed E-state index contributed by atoms with van der Waals surface area (Å²) in [6.45, 7) is 0.417. The van der Waals surface area contributed by atoms with Crippen LogP contribution in [0.5, 0.6) is 5.75 Å². The number of rotatable bonds is 5. The van der Waals surface area contributed by atoms with E-state index in [0.29, 0.717) is 6.61 Å². The molecule has 0 unspecified atom stereocenters. The number of pyridine rings is 2.